The Labute approximate surface area is 195 Å². The number of nitrogens with zero attached hydrogens (tertiary/aromatic N) is 3. The highest BCUT2D eigenvalue weighted by Gasteiger charge is 2.40. The fourth-order valence-corrected chi connectivity index (χ4v) is 4.91. The van der Waals surface area contributed by atoms with Gasteiger partial charge in [-0.15, -0.1) is 0 Å². The van der Waals surface area contributed by atoms with Gasteiger partial charge in [-0.3, -0.25) is 13.9 Å². The SMILES string of the molecule is COc1ccc(-c2c3c(=O)n(C)c(=O)n(C)c3c3n2C(C)(C)COC3c2ccc(F)cc2)cc1. The van der Waals surface area contributed by atoms with Crippen LogP contribution in [0.15, 0.2) is 58.1 Å². The van der Waals surface area contributed by atoms with Crippen molar-refractivity contribution in [3.63, 3.8) is 0 Å². The maximum absolute atomic E-state index is 13.7. The average Bonchev–Trinajstić information content (AvgIpc) is 3.20. The molecule has 0 fully saturated rings. The lowest BCUT2D eigenvalue weighted by atomic mass is 9.98. The third-order valence-electron chi connectivity index (χ3n) is 6.60. The Hall–Kier alpha value is -3.65. The zero-order valence-corrected chi connectivity index (χ0v) is 19.8. The van der Waals surface area contributed by atoms with E-state index in [0.29, 0.717) is 34.6 Å². The minimum atomic E-state index is -0.583. The summed E-state index contributed by atoms with van der Waals surface area (Å²) >= 11 is 0. The molecule has 34 heavy (non-hydrogen) atoms. The first-order valence-corrected chi connectivity index (χ1v) is 11.0. The molecule has 1 atom stereocenters. The zero-order valence-electron chi connectivity index (χ0n) is 19.8. The molecule has 1 unspecified atom stereocenters. The van der Waals surface area contributed by atoms with E-state index in [4.69, 9.17) is 9.47 Å². The van der Waals surface area contributed by atoms with Gasteiger partial charge in [0.2, 0.25) is 0 Å². The van der Waals surface area contributed by atoms with E-state index in [-0.39, 0.29) is 11.4 Å². The molecule has 0 bridgehead atoms. The van der Waals surface area contributed by atoms with Crippen molar-refractivity contribution in [2.24, 2.45) is 14.1 Å². The Kier molecular flexibility index (Phi) is 5.02. The first-order valence-electron chi connectivity index (χ1n) is 11.0. The molecule has 0 aliphatic carbocycles. The van der Waals surface area contributed by atoms with Gasteiger partial charge in [0.15, 0.2) is 0 Å². The van der Waals surface area contributed by atoms with Gasteiger partial charge in [0, 0.05) is 14.1 Å². The van der Waals surface area contributed by atoms with E-state index in [1.54, 1.807) is 26.3 Å². The second kappa shape index (κ2) is 7.70. The number of halogens is 1. The Bertz CT molecular complexity index is 1530. The van der Waals surface area contributed by atoms with E-state index in [1.807, 2.05) is 38.1 Å². The third kappa shape index (κ3) is 3.13. The van der Waals surface area contributed by atoms with Crippen molar-refractivity contribution in [3.05, 3.63) is 86.4 Å². The van der Waals surface area contributed by atoms with E-state index in [9.17, 15) is 14.0 Å². The Balaban J connectivity index is 1.97. The number of hydrogen-bond acceptors (Lipinski definition) is 4. The number of rotatable bonds is 3. The first kappa shape index (κ1) is 22.2. The Morgan fingerprint density at radius 1 is 1.00 bits per heavy atom. The molecule has 0 spiro atoms. The van der Waals surface area contributed by atoms with Gasteiger partial charge in [-0.25, -0.2) is 9.18 Å². The fourth-order valence-electron chi connectivity index (χ4n) is 4.91. The Morgan fingerprint density at radius 3 is 2.26 bits per heavy atom. The molecule has 2 aromatic heterocycles. The number of hydrogen-bond donors (Lipinski definition) is 0. The van der Waals surface area contributed by atoms with E-state index in [1.165, 1.54) is 23.7 Å². The lowest BCUT2D eigenvalue weighted by Crippen LogP contribution is -2.40. The van der Waals surface area contributed by atoms with Gasteiger partial charge in [-0.05, 0) is 61.4 Å². The fraction of sp³-hybridized carbons (Fsp3) is 0.308. The second-order valence-electron chi connectivity index (χ2n) is 9.28. The number of fused-ring (bicyclic) bond motifs is 3. The first-order chi connectivity index (χ1) is 16.2. The molecule has 7 nitrogen and oxygen atoms in total. The Morgan fingerprint density at radius 2 is 1.65 bits per heavy atom. The van der Waals surface area contributed by atoms with Crippen molar-refractivity contribution in [3.8, 4) is 17.0 Å². The highest BCUT2D eigenvalue weighted by atomic mass is 19.1. The summed E-state index contributed by atoms with van der Waals surface area (Å²) in [4.78, 5) is 26.5. The zero-order chi connectivity index (χ0) is 24.4. The van der Waals surface area contributed by atoms with Crippen LogP contribution in [0.2, 0.25) is 0 Å². The van der Waals surface area contributed by atoms with Crippen molar-refractivity contribution in [2.45, 2.75) is 25.5 Å². The number of aromatic nitrogens is 3. The minimum Gasteiger partial charge on any atom is -0.497 e. The quantitative estimate of drug-likeness (QED) is 0.465. The summed E-state index contributed by atoms with van der Waals surface area (Å²) in [6.07, 6.45) is -0.583. The summed E-state index contributed by atoms with van der Waals surface area (Å²) in [6, 6.07) is 13.6. The van der Waals surface area contributed by atoms with Gasteiger partial charge in [0.1, 0.15) is 17.7 Å². The minimum absolute atomic E-state index is 0.347. The van der Waals surface area contributed by atoms with Gasteiger partial charge in [0.25, 0.3) is 5.56 Å². The molecule has 5 rings (SSSR count). The summed E-state index contributed by atoms with van der Waals surface area (Å²) in [5.74, 6) is 0.353. The van der Waals surface area contributed by atoms with Crippen molar-refractivity contribution < 1.29 is 13.9 Å². The lowest BCUT2D eigenvalue weighted by Gasteiger charge is -2.39. The summed E-state index contributed by atoms with van der Waals surface area (Å²) in [5.41, 5.74) is 2.16. The molecule has 0 radical (unpaired) electrons. The molecule has 176 valence electrons. The van der Waals surface area contributed by atoms with Crippen LogP contribution in [0.1, 0.15) is 31.2 Å². The molecule has 1 aliphatic rings. The highest BCUT2D eigenvalue weighted by Crippen LogP contribution is 2.45. The second-order valence-corrected chi connectivity index (χ2v) is 9.28. The normalized spacial score (nSPS) is 17.1. The number of benzene rings is 2. The monoisotopic (exact) mass is 463 g/mol. The van der Waals surface area contributed by atoms with E-state index in [2.05, 4.69) is 4.57 Å². The topological polar surface area (TPSA) is 67.4 Å². The predicted molar refractivity (Wildman–Crippen MR) is 128 cm³/mol. The van der Waals surface area contributed by atoms with Crippen molar-refractivity contribution >= 4 is 10.9 Å². The average molecular weight is 464 g/mol. The van der Waals surface area contributed by atoms with Crippen LogP contribution in [0.25, 0.3) is 22.2 Å². The van der Waals surface area contributed by atoms with Crippen LogP contribution in [0, 0.1) is 5.82 Å². The van der Waals surface area contributed by atoms with Gasteiger partial charge >= 0.3 is 5.69 Å². The molecular weight excluding hydrogens is 437 g/mol. The van der Waals surface area contributed by atoms with E-state index < -0.39 is 17.3 Å². The summed E-state index contributed by atoms with van der Waals surface area (Å²) in [6.45, 7) is 4.43. The lowest BCUT2D eigenvalue weighted by molar-refractivity contribution is -0.00709. The van der Waals surface area contributed by atoms with Crippen LogP contribution in [0.5, 0.6) is 5.75 Å². The standard InChI is InChI=1S/C26H26FN3O4/c1-26(2)14-34-23(16-6-10-17(27)11-7-16)22-21-19(24(31)29(4)25(32)28(21)3)20(30(22)26)15-8-12-18(33-5)13-9-15/h6-13,23H,14H2,1-5H3. The van der Waals surface area contributed by atoms with Crippen LogP contribution in [0.3, 0.4) is 0 Å². The summed E-state index contributed by atoms with van der Waals surface area (Å²) in [5, 5.41) is 0.440. The molecule has 0 amide bonds. The van der Waals surface area contributed by atoms with Gasteiger partial charge in [-0.1, -0.05) is 12.1 Å². The molecule has 1 aliphatic heterocycles. The maximum atomic E-state index is 13.7. The van der Waals surface area contributed by atoms with Gasteiger partial charge in [0.05, 0.1) is 41.5 Å². The van der Waals surface area contributed by atoms with Crippen molar-refractivity contribution in [1.82, 2.24) is 13.7 Å². The third-order valence-corrected chi connectivity index (χ3v) is 6.60. The predicted octanol–water partition coefficient (Wildman–Crippen LogP) is 3.71. The summed E-state index contributed by atoms with van der Waals surface area (Å²) in [7, 11) is 4.74. The molecule has 4 aromatic rings. The molecule has 2 aromatic carbocycles. The van der Waals surface area contributed by atoms with Crippen molar-refractivity contribution in [1.29, 1.82) is 0 Å². The van der Waals surface area contributed by atoms with E-state index in [0.717, 1.165) is 15.7 Å². The molecule has 0 N–H and O–H groups in total. The smallest absolute Gasteiger partial charge is 0.331 e. The molecule has 0 saturated carbocycles. The maximum Gasteiger partial charge on any atom is 0.331 e. The molecule has 0 saturated heterocycles. The van der Waals surface area contributed by atoms with Crippen molar-refractivity contribution in [2.75, 3.05) is 13.7 Å². The number of methoxy groups -OCH3 is 1. The van der Waals surface area contributed by atoms with E-state index >= 15 is 0 Å². The molecular formula is C26H26FN3O4. The molecule has 3 heterocycles. The van der Waals surface area contributed by atoms with Crippen LogP contribution < -0.4 is 16.0 Å². The van der Waals surface area contributed by atoms with Crippen LogP contribution >= 0.6 is 0 Å². The van der Waals surface area contributed by atoms with Crippen LogP contribution in [-0.4, -0.2) is 27.4 Å². The highest BCUT2D eigenvalue weighted by molar-refractivity contribution is 5.96. The number of ether oxygens (including phenoxy) is 2. The van der Waals surface area contributed by atoms with Gasteiger partial charge < -0.3 is 14.0 Å². The van der Waals surface area contributed by atoms with Gasteiger partial charge in [-0.2, -0.15) is 0 Å². The summed E-state index contributed by atoms with van der Waals surface area (Å²) < 4.78 is 30.1. The van der Waals surface area contributed by atoms with Crippen LogP contribution in [0.4, 0.5) is 4.39 Å². The molecule has 8 heteroatoms. The largest absolute Gasteiger partial charge is 0.497 e. The van der Waals surface area contributed by atoms with Crippen LogP contribution in [-0.2, 0) is 24.4 Å². The number of aryl methyl sites for hydroxylation is 1.